The van der Waals surface area contributed by atoms with E-state index in [2.05, 4.69) is 50.1 Å². The lowest BCUT2D eigenvalue weighted by atomic mass is 9.87. The Bertz CT molecular complexity index is 1660. The molecule has 0 N–H and O–H groups in total. The van der Waals surface area contributed by atoms with E-state index in [0.717, 1.165) is 11.3 Å². The minimum absolute atomic E-state index is 0.0843. The summed E-state index contributed by atoms with van der Waals surface area (Å²) in [6.45, 7) is 10.6. The van der Waals surface area contributed by atoms with Gasteiger partial charge in [-0.2, -0.15) is 5.10 Å². The molecule has 0 amide bonds. The van der Waals surface area contributed by atoms with Crippen molar-refractivity contribution >= 4 is 5.65 Å². The molecule has 3 heterocycles. The van der Waals surface area contributed by atoms with Crippen LogP contribution in [0.25, 0.3) is 22.6 Å². The third-order valence-corrected chi connectivity index (χ3v) is 6.41. The Morgan fingerprint density at radius 3 is 2.43 bits per heavy atom. The van der Waals surface area contributed by atoms with Gasteiger partial charge in [-0.3, -0.25) is 9.20 Å². The van der Waals surface area contributed by atoms with Gasteiger partial charge in [-0.15, -0.1) is 0 Å². The van der Waals surface area contributed by atoms with Crippen LogP contribution in [0.4, 0.5) is 4.39 Å². The maximum atomic E-state index is 13.8. The van der Waals surface area contributed by atoms with Crippen LogP contribution >= 0.6 is 0 Å². The zero-order valence-corrected chi connectivity index (χ0v) is 21.6. The van der Waals surface area contributed by atoms with Gasteiger partial charge in [0.05, 0.1) is 16.9 Å². The molecular formula is C30H29FN4O2. The summed E-state index contributed by atoms with van der Waals surface area (Å²) in [5.74, 6) is 0.172. The van der Waals surface area contributed by atoms with Crippen LogP contribution in [-0.4, -0.2) is 19.2 Å². The molecule has 5 aromatic rings. The van der Waals surface area contributed by atoms with E-state index in [1.165, 1.54) is 22.1 Å². The van der Waals surface area contributed by atoms with Crippen molar-refractivity contribution < 1.29 is 9.13 Å². The second-order valence-corrected chi connectivity index (χ2v) is 10.2. The van der Waals surface area contributed by atoms with E-state index in [9.17, 15) is 9.18 Å². The van der Waals surface area contributed by atoms with Crippen molar-refractivity contribution in [2.45, 2.75) is 46.6 Å². The zero-order chi connectivity index (χ0) is 26.3. The third-order valence-electron chi connectivity index (χ3n) is 6.41. The summed E-state index contributed by atoms with van der Waals surface area (Å²) < 4.78 is 23.0. The normalized spacial score (nSPS) is 11.7. The van der Waals surface area contributed by atoms with Crippen molar-refractivity contribution in [2.24, 2.45) is 0 Å². The van der Waals surface area contributed by atoms with Crippen LogP contribution in [0.2, 0.25) is 0 Å². The molecule has 0 radical (unpaired) electrons. The van der Waals surface area contributed by atoms with Gasteiger partial charge in [0.15, 0.2) is 11.4 Å². The van der Waals surface area contributed by atoms with Crippen LogP contribution in [0, 0.1) is 19.7 Å². The number of halogens is 1. The number of aryl methyl sites for hydroxylation is 2. The highest BCUT2D eigenvalue weighted by atomic mass is 19.1. The van der Waals surface area contributed by atoms with Gasteiger partial charge < -0.3 is 4.74 Å². The van der Waals surface area contributed by atoms with Crippen LogP contribution in [0.1, 0.15) is 43.3 Å². The maximum Gasteiger partial charge on any atom is 0.267 e. The summed E-state index contributed by atoms with van der Waals surface area (Å²) in [6, 6.07) is 19.9. The van der Waals surface area contributed by atoms with Crippen LogP contribution in [0.5, 0.6) is 5.75 Å². The quantitative estimate of drug-likeness (QED) is 0.292. The second-order valence-electron chi connectivity index (χ2n) is 10.2. The van der Waals surface area contributed by atoms with Gasteiger partial charge in [-0.1, -0.05) is 51.1 Å². The Morgan fingerprint density at radius 1 is 0.973 bits per heavy atom. The number of fused-ring (bicyclic) bond motifs is 1. The number of benzene rings is 2. The average molecular weight is 497 g/mol. The van der Waals surface area contributed by atoms with Gasteiger partial charge in [0.2, 0.25) is 0 Å². The number of hydrogen-bond donors (Lipinski definition) is 0. The number of pyridine rings is 1. The molecule has 37 heavy (non-hydrogen) atoms. The molecule has 0 aliphatic carbocycles. The van der Waals surface area contributed by atoms with Gasteiger partial charge in [0.25, 0.3) is 5.56 Å². The summed E-state index contributed by atoms with van der Waals surface area (Å²) in [4.78, 5) is 18.3. The Morgan fingerprint density at radius 2 is 1.73 bits per heavy atom. The fraction of sp³-hybridized carbons (Fsp3) is 0.233. The number of aromatic nitrogens is 4. The van der Waals surface area contributed by atoms with Crippen molar-refractivity contribution in [2.75, 3.05) is 0 Å². The molecule has 188 valence electrons. The summed E-state index contributed by atoms with van der Waals surface area (Å²) in [6.07, 6.45) is 1.68. The van der Waals surface area contributed by atoms with Gasteiger partial charge in [-0.05, 0) is 66.8 Å². The molecule has 5 rings (SSSR count). The molecule has 6 nitrogen and oxygen atoms in total. The van der Waals surface area contributed by atoms with Crippen LogP contribution < -0.4 is 10.3 Å². The van der Waals surface area contributed by atoms with Crippen LogP contribution in [0.15, 0.2) is 77.7 Å². The summed E-state index contributed by atoms with van der Waals surface area (Å²) in [5.41, 5.74) is 5.35. The zero-order valence-electron chi connectivity index (χ0n) is 21.6. The first kappa shape index (κ1) is 24.4. The molecule has 0 saturated heterocycles. The fourth-order valence-corrected chi connectivity index (χ4v) is 4.38. The molecule has 7 heteroatoms. The summed E-state index contributed by atoms with van der Waals surface area (Å²) in [7, 11) is 0. The van der Waals surface area contributed by atoms with Crippen molar-refractivity contribution in [1.29, 1.82) is 0 Å². The highest BCUT2D eigenvalue weighted by Crippen LogP contribution is 2.26. The maximum absolute atomic E-state index is 13.8. The Balaban J connectivity index is 1.49. The molecule has 0 saturated carbocycles. The second kappa shape index (κ2) is 9.32. The molecule has 0 fully saturated rings. The van der Waals surface area contributed by atoms with Crippen molar-refractivity contribution in [3.8, 4) is 22.7 Å². The monoisotopic (exact) mass is 496 g/mol. The SMILES string of the molecule is Cc1nc2c(OCc3ccc(C(C)(C)C)cc3)cccn2c(=O)c1-c1cc(C)n(-c2cccc(F)c2)n1. The summed E-state index contributed by atoms with van der Waals surface area (Å²) in [5, 5.41) is 4.61. The van der Waals surface area contributed by atoms with E-state index in [1.54, 1.807) is 36.0 Å². The lowest BCUT2D eigenvalue weighted by molar-refractivity contribution is 0.307. The van der Waals surface area contributed by atoms with Gasteiger partial charge in [0.1, 0.15) is 18.1 Å². The van der Waals surface area contributed by atoms with E-state index >= 15 is 0 Å². The summed E-state index contributed by atoms with van der Waals surface area (Å²) >= 11 is 0. The fourth-order valence-electron chi connectivity index (χ4n) is 4.38. The molecule has 0 aliphatic rings. The highest BCUT2D eigenvalue weighted by molar-refractivity contribution is 5.65. The number of nitrogens with zero attached hydrogens (tertiary/aromatic N) is 4. The molecule has 0 unspecified atom stereocenters. The largest absolute Gasteiger partial charge is 0.485 e. The predicted octanol–water partition coefficient (Wildman–Crippen LogP) is 6.18. The standard InChI is InChI=1S/C30H29FN4O2/c1-19-16-25(33-35(19)24-9-6-8-23(31)17-24)27-20(2)32-28-26(10-7-15-34(28)29(27)36)37-18-21-11-13-22(14-12-21)30(3,4)5/h6-17H,18H2,1-5H3. The lowest BCUT2D eigenvalue weighted by Crippen LogP contribution is -2.19. The number of hydrogen-bond acceptors (Lipinski definition) is 4. The van der Waals surface area contributed by atoms with Crippen molar-refractivity contribution in [1.82, 2.24) is 19.2 Å². The van der Waals surface area contributed by atoms with Gasteiger partial charge >= 0.3 is 0 Å². The predicted molar refractivity (Wildman–Crippen MR) is 143 cm³/mol. The molecule has 3 aromatic heterocycles. The average Bonchev–Trinajstić information content (AvgIpc) is 3.23. The smallest absolute Gasteiger partial charge is 0.267 e. The first-order valence-corrected chi connectivity index (χ1v) is 12.2. The highest BCUT2D eigenvalue weighted by Gasteiger charge is 2.19. The Kier molecular flexibility index (Phi) is 6.15. The van der Waals surface area contributed by atoms with Crippen LogP contribution in [-0.2, 0) is 12.0 Å². The van der Waals surface area contributed by atoms with E-state index < -0.39 is 0 Å². The van der Waals surface area contributed by atoms with E-state index in [4.69, 9.17) is 9.72 Å². The van der Waals surface area contributed by atoms with E-state index in [1.807, 2.05) is 19.1 Å². The van der Waals surface area contributed by atoms with Crippen molar-refractivity contribution in [3.05, 3.63) is 112 Å². The van der Waals surface area contributed by atoms with Gasteiger partial charge in [0, 0.05) is 11.9 Å². The topological polar surface area (TPSA) is 61.4 Å². The lowest BCUT2D eigenvalue weighted by Gasteiger charge is -2.19. The van der Waals surface area contributed by atoms with E-state index in [-0.39, 0.29) is 16.8 Å². The van der Waals surface area contributed by atoms with Gasteiger partial charge in [-0.25, -0.2) is 14.1 Å². The molecule has 0 atom stereocenters. The molecule has 0 aliphatic heterocycles. The third kappa shape index (κ3) is 4.77. The van der Waals surface area contributed by atoms with Crippen LogP contribution in [0.3, 0.4) is 0 Å². The first-order chi connectivity index (χ1) is 17.6. The Hall–Kier alpha value is -4.26. The molecular weight excluding hydrogens is 467 g/mol. The number of ether oxygens (including phenoxy) is 1. The molecule has 0 bridgehead atoms. The van der Waals surface area contributed by atoms with E-state index in [0.29, 0.717) is 40.6 Å². The minimum Gasteiger partial charge on any atom is -0.485 e. The molecule has 2 aromatic carbocycles. The Labute approximate surface area is 215 Å². The minimum atomic E-state index is -0.352. The number of rotatable bonds is 5. The van der Waals surface area contributed by atoms with Crippen molar-refractivity contribution in [3.63, 3.8) is 0 Å². The molecule has 0 spiro atoms. The first-order valence-electron chi connectivity index (χ1n) is 12.2.